The summed E-state index contributed by atoms with van der Waals surface area (Å²) < 4.78 is 60.2. The van der Waals surface area contributed by atoms with Gasteiger partial charge >= 0.3 is 6.18 Å². The number of benzene rings is 2. The molecule has 0 saturated carbocycles. The SMILES string of the molecule is COc1ccc(CN(CC(F)(F)F)C(=O)Cc2ccc(OC)c(OC)c2OC)cc1. The fourth-order valence-electron chi connectivity index (χ4n) is 2.98. The predicted octanol–water partition coefficient (Wildman–Crippen LogP) is 3.85. The molecular weight excluding hydrogens is 403 g/mol. The van der Waals surface area contributed by atoms with Gasteiger partial charge in [-0.1, -0.05) is 18.2 Å². The maximum atomic E-state index is 13.1. The van der Waals surface area contributed by atoms with Crippen molar-refractivity contribution in [1.29, 1.82) is 0 Å². The van der Waals surface area contributed by atoms with Gasteiger partial charge in [0.25, 0.3) is 0 Å². The van der Waals surface area contributed by atoms with Gasteiger partial charge in [-0.05, 0) is 23.8 Å². The quantitative estimate of drug-likeness (QED) is 0.609. The van der Waals surface area contributed by atoms with Crippen LogP contribution in [-0.4, -0.2) is 52.0 Å². The van der Waals surface area contributed by atoms with Crippen LogP contribution in [0.5, 0.6) is 23.0 Å². The molecule has 0 spiro atoms. The largest absolute Gasteiger partial charge is 0.497 e. The number of carbonyl (C=O) groups excluding carboxylic acids is 1. The van der Waals surface area contributed by atoms with Crippen LogP contribution in [0.2, 0.25) is 0 Å². The van der Waals surface area contributed by atoms with Crippen molar-refractivity contribution < 1.29 is 36.9 Å². The Morgan fingerprint density at radius 2 is 1.50 bits per heavy atom. The van der Waals surface area contributed by atoms with Crippen molar-refractivity contribution in [2.24, 2.45) is 0 Å². The minimum absolute atomic E-state index is 0.196. The van der Waals surface area contributed by atoms with E-state index in [4.69, 9.17) is 18.9 Å². The third-order valence-electron chi connectivity index (χ3n) is 4.38. The molecule has 2 aromatic rings. The minimum Gasteiger partial charge on any atom is -0.497 e. The molecule has 0 N–H and O–H groups in total. The van der Waals surface area contributed by atoms with Gasteiger partial charge in [-0.15, -0.1) is 0 Å². The van der Waals surface area contributed by atoms with Crippen LogP contribution in [0.25, 0.3) is 0 Å². The summed E-state index contributed by atoms with van der Waals surface area (Å²) in [5.74, 6) is 0.761. The maximum Gasteiger partial charge on any atom is 0.406 e. The van der Waals surface area contributed by atoms with Crippen LogP contribution in [0.1, 0.15) is 11.1 Å². The van der Waals surface area contributed by atoms with Crippen LogP contribution in [0.3, 0.4) is 0 Å². The van der Waals surface area contributed by atoms with Crippen LogP contribution in [0.15, 0.2) is 36.4 Å². The predicted molar refractivity (Wildman–Crippen MR) is 104 cm³/mol. The molecule has 0 aromatic heterocycles. The molecule has 0 unspecified atom stereocenters. The second kappa shape index (κ2) is 10.1. The normalized spacial score (nSPS) is 11.0. The number of amides is 1. The van der Waals surface area contributed by atoms with E-state index in [0.29, 0.717) is 22.6 Å². The third kappa shape index (κ3) is 5.95. The molecule has 0 heterocycles. The van der Waals surface area contributed by atoms with Gasteiger partial charge in [0.05, 0.1) is 34.9 Å². The van der Waals surface area contributed by atoms with E-state index < -0.39 is 18.6 Å². The Balaban J connectivity index is 2.29. The highest BCUT2D eigenvalue weighted by atomic mass is 19.4. The van der Waals surface area contributed by atoms with E-state index in [-0.39, 0.29) is 24.5 Å². The fraction of sp³-hybridized carbons (Fsp3) is 0.381. The summed E-state index contributed by atoms with van der Waals surface area (Å²) in [5.41, 5.74) is 0.940. The van der Waals surface area contributed by atoms with E-state index >= 15 is 0 Å². The molecule has 0 aliphatic carbocycles. The highest BCUT2D eigenvalue weighted by Crippen LogP contribution is 2.40. The number of halogens is 3. The Bertz CT molecular complexity index is 853. The van der Waals surface area contributed by atoms with Gasteiger partial charge in [0.2, 0.25) is 11.7 Å². The minimum atomic E-state index is -4.54. The average molecular weight is 427 g/mol. The molecule has 2 rings (SSSR count). The van der Waals surface area contributed by atoms with Crippen LogP contribution in [-0.2, 0) is 17.8 Å². The highest BCUT2D eigenvalue weighted by Gasteiger charge is 2.33. The van der Waals surface area contributed by atoms with Gasteiger partial charge in [0, 0.05) is 12.1 Å². The molecule has 2 aromatic carbocycles. The van der Waals surface area contributed by atoms with E-state index in [9.17, 15) is 18.0 Å². The second-order valence-corrected chi connectivity index (χ2v) is 6.38. The maximum absolute atomic E-state index is 13.1. The number of hydrogen-bond donors (Lipinski definition) is 0. The smallest absolute Gasteiger partial charge is 0.406 e. The monoisotopic (exact) mass is 427 g/mol. The van der Waals surface area contributed by atoms with Crippen molar-refractivity contribution in [3.05, 3.63) is 47.5 Å². The molecular formula is C21H24F3NO5. The molecule has 0 aliphatic heterocycles. The fourth-order valence-corrected chi connectivity index (χ4v) is 2.98. The summed E-state index contributed by atoms with van der Waals surface area (Å²) in [4.78, 5) is 13.6. The van der Waals surface area contributed by atoms with Crippen LogP contribution < -0.4 is 18.9 Å². The summed E-state index contributed by atoms with van der Waals surface area (Å²) >= 11 is 0. The zero-order valence-corrected chi connectivity index (χ0v) is 17.2. The summed E-state index contributed by atoms with van der Waals surface area (Å²) in [7, 11) is 5.73. The summed E-state index contributed by atoms with van der Waals surface area (Å²) in [6, 6.07) is 9.63. The van der Waals surface area contributed by atoms with E-state index in [2.05, 4.69) is 0 Å². The molecule has 0 bridgehead atoms. The van der Waals surface area contributed by atoms with Crippen LogP contribution in [0, 0.1) is 0 Å². The lowest BCUT2D eigenvalue weighted by Crippen LogP contribution is -2.39. The van der Waals surface area contributed by atoms with Crippen molar-refractivity contribution in [3.8, 4) is 23.0 Å². The lowest BCUT2D eigenvalue weighted by Gasteiger charge is -2.25. The molecule has 0 saturated heterocycles. The number of rotatable bonds is 9. The van der Waals surface area contributed by atoms with E-state index in [1.54, 1.807) is 36.4 Å². The van der Waals surface area contributed by atoms with Crippen molar-refractivity contribution in [1.82, 2.24) is 4.90 Å². The van der Waals surface area contributed by atoms with Crippen molar-refractivity contribution in [2.45, 2.75) is 19.1 Å². The topological polar surface area (TPSA) is 57.2 Å². The Hall–Kier alpha value is -3.10. The Morgan fingerprint density at radius 1 is 0.867 bits per heavy atom. The lowest BCUT2D eigenvalue weighted by molar-refractivity contribution is -0.162. The van der Waals surface area contributed by atoms with Gasteiger partial charge in [0.15, 0.2) is 11.5 Å². The standard InChI is InChI=1S/C21H24F3NO5/c1-27-16-8-5-14(6-9-16)12-25(13-21(22,23)24)18(26)11-15-7-10-17(28-2)20(30-4)19(15)29-3/h5-10H,11-13H2,1-4H3. The van der Waals surface area contributed by atoms with Gasteiger partial charge in [-0.3, -0.25) is 4.79 Å². The van der Waals surface area contributed by atoms with Crippen molar-refractivity contribution in [2.75, 3.05) is 35.0 Å². The first kappa shape index (κ1) is 23.2. The summed E-state index contributed by atoms with van der Waals surface area (Å²) in [5, 5.41) is 0. The van der Waals surface area contributed by atoms with Gasteiger partial charge < -0.3 is 23.8 Å². The summed E-state index contributed by atoms with van der Waals surface area (Å²) in [6.07, 6.45) is -4.83. The first-order valence-corrected chi connectivity index (χ1v) is 8.97. The zero-order chi connectivity index (χ0) is 22.3. The number of ether oxygens (including phenoxy) is 4. The van der Waals surface area contributed by atoms with Gasteiger partial charge in [-0.2, -0.15) is 13.2 Å². The molecule has 1 amide bonds. The third-order valence-corrected chi connectivity index (χ3v) is 4.38. The first-order valence-electron chi connectivity index (χ1n) is 8.97. The average Bonchev–Trinajstić information content (AvgIpc) is 2.72. The number of carbonyl (C=O) groups is 1. The number of hydrogen-bond acceptors (Lipinski definition) is 5. The Kier molecular flexibility index (Phi) is 7.79. The molecule has 0 aliphatic rings. The second-order valence-electron chi connectivity index (χ2n) is 6.38. The van der Waals surface area contributed by atoms with Crippen molar-refractivity contribution in [3.63, 3.8) is 0 Å². The Morgan fingerprint density at radius 3 is 2.00 bits per heavy atom. The molecule has 30 heavy (non-hydrogen) atoms. The van der Waals surface area contributed by atoms with Crippen LogP contribution in [0.4, 0.5) is 13.2 Å². The summed E-state index contributed by atoms with van der Waals surface area (Å²) in [6.45, 7) is -1.56. The van der Waals surface area contributed by atoms with Gasteiger partial charge in [0.1, 0.15) is 12.3 Å². The van der Waals surface area contributed by atoms with E-state index in [1.165, 1.54) is 28.4 Å². The molecule has 164 valence electrons. The molecule has 0 radical (unpaired) electrons. The van der Waals surface area contributed by atoms with Crippen LogP contribution >= 0.6 is 0 Å². The van der Waals surface area contributed by atoms with E-state index in [1.807, 2.05) is 0 Å². The highest BCUT2D eigenvalue weighted by molar-refractivity contribution is 5.80. The molecule has 9 heteroatoms. The molecule has 6 nitrogen and oxygen atoms in total. The lowest BCUT2D eigenvalue weighted by atomic mass is 10.1. The van der Waals surface area contributed by atoms with E-state index in [0.717, 1.165) is 4.90 Å². The first-order chi connectivity index (χ1) is 14.2. The van der Waals surface area contributed by atoms with Crippen molar-refractivity contribution >= 4 is 5.91 Å². The Labute approximate surface area is 173 Å². The molecule has 0 fully saturated rings. The number of methoxy groups -OCH3 is 4. The number of alkyl halides is 3. The van der Waals surface area contributed by atoms with Gasteiger partial charge in [-0.25, -0.2) is 0 Å². The number of nitrogens with zero attached hydrogens (tertiary/aromatic N) is 1. The molecule has 0 atom stereocenters. The zero-order valence-electron chi connectivity index (χ0n) is 17.2.